The Kier molecular flexibility index (Phi) is 12.9. The largest absolute Gasteiger partial charge is 0.481 e. The van der Waals surface area contributed by atoms with Crippen molar-refractivity contribution in [2.24, 2.45) is 7.05 Å². The number of hydrogen-bond acceptors (Lipinski definition) is 3. The molecule has 0 bridgehead atoms. The van der Waals surface area contributed by atoms with Crippen LogP contribution in [0, 0.1) is 0 Å². The van der Waals surface area contributed by atoms with Gasteiger partial charge in [-0.15, -0.1) is 17.0 Å². The monoisotopic (exact) mass is 378 g/mol. The second-order valence-electron chi connectivity index (χ2n) is 5.14. The third-order valence-electron chi connectivity index (χ3n) is 3.29. The Balaban J connectivity index is 0.00000400. The van der Waals surface area contributed by atoms with E-state index in [9.17, 15) is 4.79 Å². The van der Waals surface area contributed by atoms with Crippen LogP contribution in [0.4, 0.5) is 0 Å². The molecule has 21 heavy (non-hydrogen) atoms. The molecule has 0 atom stereocenters. The Labute approximate surface area is 142 Å². The number of carbonyl (C=O) groups is 1. The first-order chi connectivity index (χ1) is 9.70. The lowest BCUT2D eigenvalue weighted by molar-refractivity contribution is -0.137. The second-order valence-corrected chi connectivity index (χ2v) is 6.20. The Hall–Kier alpha value is -0.490. The number of imidazole rings is 1. The lowest BCUT2D eigenvalue weighted by atomic mass is 10.1. The van der Waals surface area contributed by atoms with Crippen molar-refractivity contribution in [2.75, 3.05) is 5.75 Å². The van der Waals surface area contributed by atoms with Gasteiger partial charge in [-0.1, -0.05) is 50.3 Å². The minimum atomic E-state index is -0.671. The van der Waals surface area contributed by atoms with Crippen LogP contribution in [0.3, 0.4) is 0 Å². The molecule has 0 spiro atoms. The zero-order chi connectivity index (χ0) is 14.6. The number of aromatic nitrogens is 2. The molecule has 1 aromatic heterocycles. The maximum absolute atomic E-state index is 10.3. The Morgan fingerprint density at radius 2 is 1.71 bits per heavy atom. The number of aliphatic carboxylic acids is 1. The average molecular weight is 379 g/mol. The van der Waals surface area contributed by atoms with E-state index >= 15 is 0 Å². The van der Waals surface area contributed by atoms with Crippen molar-refractivity contribution in [2.45, 2.75) is 62.9 Å². The van der Waals surface area contributed by atoms with E-state index < -0.39 is 5.97 Å². The van der Waals surface area contributed by atoms with Gasteiger partial charge in [0.05, 0.1) is 0 Å². The summed E-state index contributed by atoms with van der Waals surface area (Å²) in [7, 11) is 2.03. The summed E-state index contributed by atoms with van der Waals surface area (Å²) < 4.78 is 2.06. The summed E-state index contributed by atoms with van der Waals surface area (Å²) in [4.78, 5) is 14.6. The van der Waals surface area contributed by atoms with Gasteiger partial charge in [0.15, 0.2) is 5.16 Å². The molecule has 0 radical (unpaired) electrons. The summed E-state index contributed by atoms with van der Waals surface area (Å²) in [6.45, 7) is 0. The lowest BCUT2D eigenvalue weighted by Crippen LogP contribution is -1.93. The standard InChI is InChI=1S/C15H26N2O2S.BrH/c1-17-12-11-16-15(17)20-13-9-7-5-3-2-4-6-8-10-14(18)19;/h11-12H,2-10,13H2,1H3,(H,18,19);1H. The number of carboxylic acid groups (broad SMARTS) is 1. The predicted octanol–water partition coefficient (Wildman–Crippen LogP) is 4.69. The van der Waals surface area contributed by atoms with E-state index in [4.69, 9.17) is 5.11 Å². The SMILES string of the molecule is Br.Cn1ccnc1SCCCCCCCCCCC(=O)O. The summed E-state index contributed by atoms with van der Waals surface area (Å²) >= 11 is 1.83. The van der Waals surface area contributed by atoms with Crippen LogP contribution in [-0.4, -0.2) is 26.4 Å². The Morgan fingerprint density at radius 3 is 2.24 bits per heavy atom. The van der Waals surface area contributed by atoms with Crippen LogP contribution in [0.1, 0.15) is 57.8 Å². The zero-order valence-electron chi connectivity index (χ0n) is 12.8. The molecule has 0 aliphatic rings. The van der Waals surface area contributed by atoms with Gasteiger partial charge in [0.1, 0.15) is 0 Å². The maximum atomic E-state index is 10.3. The van der Waals surface area contributed by atoms with Crippen LogP contribution in [0.15, 0.2) is 17.6 Å². The number of unbranched alkanes of at least 4 members (excludes halogenated alkanes) is 7. The van der Waals surface area contributed by atoms with Crippen LogP contribution in [0.5, 0.6) is 0 Å². The van der Waals surface area contributed by atoms with E-state index in [1.807, 2.05) is 31.2 Å². The Bertz CT molecular complexity index is 386. The third-order valence-corrected chi connectivity index (χ3v) is 4.44. The highest BCUT2D eigenvalue weighted by atomic mass is 79.9. The Morgan fingerprint density at radius 1 is 1.14 bits per heavy atom. The van der Waals surface area contributed by atoms with E-state index in [2.05, 4.69) is 9.55 Å². The van der Waals surface area contributed by atoms with Crippen molar-refractivity contribution < 1.29 is 9.90 Å². The number of hydrogen-bond donors (Lipinski definition) is 1. The van der Waals surface area contributed by atoms with E-state index in [-0.39, 0.29) is 17.0 Å². The van der Waals surface area contributed by atoms with Crippen molar-refractivity contribution in [3.8, 4) is 0 Å². The summed E-state index contributed by atoms with van der Waals surface area (Å²) in [5.74, 6) is 0.471. The van der Waals surface area contributed by atoms with Crippen molar-refractivity contribution >= 4 is 34.7 Å². The van der Waals surface area contributed by atoms with E-state index in [0.29, 0.717) is 6.42 Å². The molecule has 0 aromatic carbocycles. The molecular formula is C15H27BrN2O2S. The highest BCUT2D eigenvalue weighted by molar-refractivity contribution is 8.93. The first kappa shape index (κ1) is 20.5. The molecule has 0 saturated heterocycles. The number of carboxylic acids is 1. The van der Waals surface area contributed by atoms with Gasteiger partial charge >= 0.3 is 5.97 Å². The van der Waals surface area contributed by atoms with Crippen LogP contribution < -0.4 is 0 Å². The smallest absolute Gasteiger partial charge is 0.303 e. The molecule has 1 N–H and O–H groups in total. The molecule has 4 nitrogen and oxygen atoms in total. The molecule has 1 heterocycles. The number of nitrogens with zero attached hydrogens (tertiary/aromatic N) is 2. The third kappa shape index (κ3) is 10.8. The van der Waals surface area contributed by atoms with Gasteiger partial charge in [0.2, 0.25) is 0 Å². The normalized spacial score (nSPS) is 10.3. The van der Waals surface area contributed by atoms with Crippen molar-refractivity contribution in [1.29, 1.82) is 0 Å². The molecule has 1 aromatic rings. The topological polar surface area (TPSA) is 55.1 Å². The van der Waals surface area contributed by atoms with Gasteiger partial charge in [-0.05, 0) is 12.8 Å². The fourth-order valence-corrected chi connectivity index (χ4v) is 3.02. The number of aryl methyl sites for hydroxylation is 1. The molecule has 0 saturated carbocycles. The molecule has 1 rings (SSSR count). The highest BCUT2D eigenvalue weighted by Crippen LogP contribution is 2.17. The molecule has 0 unspecified atom stereocenters. The minimum absolute atomic E-state index is 0. The van der Waals surface area contributed by atoms with E-state index in [1.165, 1.54) is 38.5 Å². The molecule has 6 heteroatoms. The number of halogens is 1. The fraction of sp³-hybridized carbons (Fsp3) is 0.733. The molecule has 0 aliphatic carbocycles. The molecule has 0 aliphatic heterocycles. The van der Waals surface area contributed by atoms with Gasteiger partial charge in [-0.3, -0.25) is 4.79 Å². The van der Waals surface area contributed by atoms with Gasteiger partial charge in [0.25, 0.3) is 0 Å². The van der Waals surface area contributed by atoms with Crippen molar-refractivity contribution in [3.63, 3.8) is 0 Å². The summed E-state index contributed by atoms with van der Waals surface area (Å²) in [5, 5.41) is 9.61. The minimum Gasteiger partial charge on any atom is -0.481 e. The summed E-state index contributed by atoms with van der Waals surface area (Å²) in [6, 6.07) is 0. The van der Waals surface area contributed by atoms with Crippen molar-refractivity contribution in [3.05, 3.63) is 12.4 Å². The molecular weight excluding hydrogens is 352 g/mol. The maximum Gasteiger partial charge on any atom is 0.303 e. The molecule has 122 valence electrons. The van der Waals surface area contributed by atoms with Gasteiger partial charge < -0.3 is 9.67 Å². The number of thioether (sulfide) groups is 1. The van der Waals surface area contributed by atoms with Gasteiger partial charge in [-0.25, -0.2) is 4.98 Å². The average Bonchev–Trinajstić information content (AvgIpc) is 2.81. The van der Waals surface area contributed by atoms with Crippen LogP contribution >= 0.6 is 28.7 Å². The molecule has 0 amide bonds. The van der Waals surface area contributed by atoms with Crippen LogP contribution in [0.25, 0.3) is 0 Å². The first-order valence-electron chi connectivity index (χ1n) is 7.52. The van der Waals surface area contributed by atoms with E-state index in [0.717, 1.165) is 23.8 Å². The predicted molar refractivity (Wildman–Crippen MR) is 93.4 cm³/mol. The van der Waals surface area contributed by atoms with E-state index in [1.54, 1.807) is 0 Å². The number of rotatable bonds is 12. The summed E-state index contributed by atoms with van der Waals surface area (Å²) in [6.07, 6.45) is 13.5. The van der Waals surface area contributed by atoms with Crippen molar-refractivity contribution in [1.82, 2.24) is 9.55 Å². The second kappa shape index (κ2) is 13.2. The van der Waals surface area contributed by atoms with Crippen LogP contribution in [0.2, 0.25) is 0 Å². The summed E-state index contributed by atoms with van der Waals surface area (Å²) in [5.41, 5.74) is 0. The first-order valence-corrected chi connectivity index (χ1v) is 8.50. The molecule has 0 fully saturated rings. The lowest BCUT2D eigenvalue weighted by Gasteiger charge is -2.03. The van der Waals surface area contributed by atoms with Gasteiger partial charge in [-0.2, -0.15) is 0 Å². The van der Waals surface area contributed by atoms with Gasteiger partial charge in [0, 0.05) is 31.6 Å². The quantitative estimate of drug-likeness (QED) is 0.423. The highest BCUT2D eigenvalue weighted by Gasteiger charge is 1.99. The zero-order valence-corrected chi connectivity index (χ0v) is 15.3. The van der Waals surface area contributed by atoms with Crippen LogP contribution in [-0.2, 0) is 11.8 Å². The fourth-order valence-electron chi connectivity index (χ4n) is 2.09.